The second kappa shape index (κ2) is 9.56. The second-order valence-electron chi connectivity index (χ2n) is 7.11. The maximum absolute atomic E-state index is 13.0. The standard InChI is InChI=1S/C23H26N4O3/c1-29-21-9-5-4-8-20(21)26-22-16-18(17-6-2-3-7-19(17)25-22)23(28)24-10-11-27-12-14-30-15-13-27/h2-9,16H,10-15H2,1H3,(H,24,28)(H,25,26). The number of methoxy groups -OCH3 is 1. The smallest absolute Gasteiger partial charge is 0.252 e. The zero-order valence-electron chi connectivity index (χ0n) is 17.1. The quantitative estimate of drug-likeness (QED) is 0.628. The van der Waals surface area contributed by atoms with E-state index in [2.05, 4.69) is 20.5 Å². The van der Waals surface area contributed by atoms with Gasteiger partial charge >= 0.3 is 0 Å². The number of pyridine rings is 1. The van der Waals surface area contributed by atoms with Crippen LogP contribution in [0.1, 0.15) is 10.4 Å². The van der Waals surface area contributed by atoms with E-state index in [4.69, 9.17) is 9.47 Å². The minimum Gasteiger partial charge on any atom is -0.495 e. The summed E-state index contributed by atoms with van der Waals surface area (Å²) in [6, 6.07) is 17.1. The van der Waals surface area contributed by atoms with Gasteiger partial charge in [0, 0.05) is 31.6 Å². The Kier molecular flexibility index (Phi) is 6.41. The Labute approximate surface area is 176 Å². The van der Waals surface area contributed by atoms with E-state index < -0.39 is 0 Å². The molecule has 2 aromatic carbocycles. The van der Waals surface area contributed by atoms with Gasteiger partial charge in [-0.05, 0) is 24.3 Å². The first-order chi connectivity index (χ1) is 14.7. The minimum absolute atomic E-state index is 0.107. The summed E-state index contributed by atoms with van der Waals surface area (Å²) in [4.78, 5) is 20.0. The zero-order valence-corrected chi connectivity index (χ0v) is 17.1. The molecule has 1 saturated heterocycles. The van der Waals surface area contributed by atoms with Crippen molar-refractivity contribution < 1.29 is 14.3 Å². The predicted octanol–water partition coefficient (Wildman–Crippen LogP) is 3.05. The fraction of sp³-hybridized carbons (Fsp3) is 0.304. The molecule has 2 N–H and O–H groups in total. The Balaban J connectivity index is 1.54. The maximum Gasteiger partial charge on any atom is 0.252 e. The molecule has 156 valence electrons. The van der Waals surface area contributed by atoms with Crippen LogP contribution in [0.15, 0.2) is 54.6 Å². The first-order valence-electron chi connectivity index (χ1n) is 10.1. The van der Waals surface area contributed by atoms with Crippen molar-refractivity contribution in [3.63, 3.8) is 0 Å². The van der Waals surface area contributed by atoms with Crippen molar-refractivity contribution in [2.45, 2.75) is 0 Å². The number of para-hydroxylation sites is 3. The lowest BCUT2D eigenvalue weighted by molar-refractivity contribution is 0.0383. The Bertz CT molecular complexity index is 1020. The molecule has 7 heteroatoms. The van der Waals surface area contributed by atoms with Gasteiger partial charge in [-0.25, -0.2) is 4.98 Å². The van der Waals surface area contributed by atoms with Crippen molar-refractivity contribution in [3.8, 4) is 5.75 Å². The number of anilines is 2. The van der Waals surface area contributed by atoms with Crippen LogP contribution in [0.2, 0.25) is 0 Å². The molecule has 1 aromatic heterocycles. The molecule has 0 saturated carbocycles. The molecule has 7 nitrogen and oxygen atoms in total. The topological polar surface area (TPSA) is 75.7 Å². The highest BCUT2D eigenvalue weighted by molar-refractivity contribution is 6.07. The van der Waals surface area contributed by atoms with Crippen LogP contribution in [0, 0.1) is 0 Å². The molecule has 0 spiro atoms. The molecule has 1 amide bonds. The van der Waals surface area contributed by atoms with Crippen LogP contribution in [0.5, 0.6) is 5.75 Å². The van der Waals surface area contributed by atoms with Gasteiger partial charge in [-0.15, -0.1) is 0 Å². The van der Waals surface area contributed by atoms with E-state index in [1.165, 1.54) is 0 Å². The average molecular weight is 406 g/mol. The number of fused-ring (bicyclic) bond motifs is 1. The molecule has 4 rings (SSSR count). The maximum atomic E-state index is 13.0. The Hall–Kier alpha value is -3.16. The monoisotopic (exact) mass is 406 g/mol. The number of hydrogen-bond acceptors (Lipinski definition) is 6. The number of carbonyl (C=O) groups is 1. The van der Waals surface area contributed by atoms with E-state index in [-0.39, 0.29) is 5.91 Å². The lowest BCUT2D eigenvalue weighted by Gasteiger charge is -2.26. The zero-order chi connectivity index (χ0) is 20.8. The van der Waals surface area contributed by atoms with E-state index >= 15 is 0 Å². The van der Waals surface area contributed by atoms with Crippen molar-refractivity contribution in [2.24, 2.45) is 0 Å². The van der Waals surface area contributed by atoms with Crippen LogP contribution in [0.4, 0.5) is 11.5 Å². The molecule has 0 radical (unpaired) electrons. The summed E-state index contributed by atoms with van der Waals surface area (Å²) in [5.41, 5.74) is 2.15. The molecule has 1 aliphatic heterocycles. The molecule has 0 aliphatic carbocycles. The predicted molar refractivity (Wildman–Crippen MR) is 118 cm³/mol. The number of aromatic nitrogens is 1. The number of morpholine rings is 1. The van der Waals surface area contributed by atoms with Crippen LogP contribution in [-0.2, 0) is 4.74 Å². The largest absolute Gasteiger partial charge is 0.495 e. The molecule has 2 heterocycles. The van der Waals surface area contributed by atoms with Gasteiger partial charge in [0.15, 0.2) is 0 Å². The summed E-state index contributed by atoms with van der Waals surface area (Å²) in [6.07, 6.45) is 0. The van der Waals surface area contributed by atoms with E-state index in [1.54, 1.807) is 13.2 Å². The van der Waals surface area contributed by atoms with Crippen LogP contribution in [-0.4, -0.2) is 62.3 Å². The number of carbonyl (C=O) groups excluding carboxylic acids is 1. The van der Waals surface area contributed by atoms with E-state index in [1.807, 2.05) is 48.5 Å². The summed E-state index contributed by atoms with van der Waals surface area (Å²) in [7, 11) is 1.63. The Morgan fingerprint density at radius 3 is 2.73 bits per heavy atom. The SMILES string of the molecule is COc1ccccc1Nc1cc(C(=O)NCCN2CCOCC2)c2ccccc2n1. The number of benzene rings is 2. The van der Waals surface area contributed by atoms with Crippen LogP contribution in [0.3, 0.4) is 0 Å². The first kappa shape index (κ1) is 20.1. The average Bonchev–Trinajstić information content (AvgIpc) is 2.79. The first-order valence-corrected chi connectivity index (χ1v) is 10.1. The molecule has 0 bridgehead atoms. The second-order valence-corrected chi connectivity index (χ2v) is 7.11. The van der Waals surface area contributed by atoms with E-state index in [0.717, 1.165) is 49.4 Å². The molecule has 1 fully saturated rings. The van der Waals surface area contributed by atoms with Crippen LogP contribution in [0.25, 0.3) is 10.9 Å². The summed E-state index contributed by atoms with van der Waals surface area (Å²) in [6.45, 7) is 4.71. The lowest BCUT2D eigenvalue weighted by Crippen LogP contribution is -2.41. The molecule has 1 aliphatic rings. The number of ether oxygens (including phenoxy) is 2. The van der Waals surface area contributed by atoms with Crippen molar-refractivity contribution >= 4 is 28.3 Å². The van der Waals surface area contributed by atoms with Crippen LogP contribution >= 0.6 is 0 Å². The van der Waals surface area contributed by atoms with Gasteiger partial charge in [-0.3, -0.25) is 9.69 Å². The van der Waals surface area contributed by atoms with Crippen molar-refractivity contribution in [1.82, 2.24) is 15.2 Å². The highest BCUT2D eigenvalue weighted by atomic mass is 16.5. The van der Waals surface area contributed by atoms with Gasteiger partial charge in [0.05, 0.1) is 37.1 Å². The van der Waals surface area contributed by atoms with Gasteiger partial charge in [0.2, 0.25) is 0 Å². The summed E-state index contributed by atoms with van der Waals surface area (Å²) in [5.74, 6) is 1.20. The van der Waals surface area contributed by atoms with Crippen molar-refractivity contribution in [1.29, 1.82) is 0 Å². The van der Waals surface area contributed by atoms with Crippen LogP contribution < -0.4 is 15.4 Å². The number of nitrogens with zero attached hydrogens (tertiary/aromatic N) is 2. The Morgan fingerprint density at radius 1 is 1.13 bits per heavy atom. The Morgan fingerprint density at radius 2 is 1.90 bits per heavy atom. The highest BCUT2D eigenvalue weighted by Gasteiger charge is 2.15. The highest BCUT2D eigenvalue weighted by Crippen LogP contribution is 2.28. The normalized spacial score (nSPS) is 14.4. The van der Waals surface area contributed by atoms with E-state index in [0.29, 0.717) is 23.7 Å². The number of rotatable bonds is 7. The molecular formula is C23H26N4O3. The lowest BCUT2D eigenvalue weighted by atomic mass is 10.1. The number of amides is 1. The van der Waals surface area contributed by atoms with Gasteiger partial charge in [0.25, 0.3) is 5.91 Å². The molecule has 3 aromatic rings. The van der Waals surface area contributed by atoms with Gasteiger partial charge in [-0.2, -0.15) is 0 Å². The third-order valence-electron chi connectivity index (χ3n) is 5.15. The fourth-order valence-corrected chi connectivity index (χ4v) is 3.56. The van der Waals surface area contributed by atoms with Crippen molar-refractivity contribution in [2.75, 3.05) is 51.8 Å². The molecule has 0 atom stereocenters. The summed E-state index contributed by atoms with van der Waals surface area (Å²) >= 11 is 0. The third-order valence-corrected chi connectivity index (χ3v) is 5.15. The van der Waals surface area contributed by atoms with Gasteiger partial charge in [-0.1, -0.05) is 30.3 Å². The van der Waals surface area contributed by atoms with Gasteiger partial charge < -0.3 is 20.1 Å². The summed E-state index contributed by atoms with van der Waals surface area (Å²) < 4.78 is 10.8. The third kappa shape index (κ3) is 4.69. The van der Waals surface area contributed by atoms with E-state index in [9.17, 15) is 4.79 Å². The fourth-order valence-electron chi connectivity index (χ4n) is 3.56. The van der Waals surface area contributed by atoms with Crippen molar-refractivity contribution in [3.05, 3.63) is 60.2 Å². The molecule has 0 unspecified atom stereocenters. The van der Waals surface area contributed by atoms with Gasteiger partial charge in [0.1, 0.15) is 11.6 Å². The summed E-state index contributed by atoms with van der Waals surface area (Å²) in [5, 5.41) is 7.16. The number of hydrogen-bond donors (Lipinski definition) is 2. The molecule has 30 heavy (non-hydrogen) atoms. The number of nitrogens with one attached hydrogen (secondary N) is 2. The minimum atomic E-state index is -0.107. The molecular weight excluding hydrogens is 380 g/mol.